The van der Waals surface area contributed by atoms with Gasteiger partial charge in [0, 0.05) is 41.8 Å². The minimum atomic E-state index is -0.649. The predicted octanol–water partition coefficient (Wildman–Crippen LogP) is 5.57. The van der Waals surface area contributed by atoms with Gasteiger partial charge in [0.25, 0.3) is 5.91 Å². The number of aliphatic hydroxyl groups is 1. The Morgan fingerprint density at radius 1 is 1.14 bits per heavy atom. The van der Waals surface area contributed by atoms with Crippen LogP contribution in [0.1, 0.15) is 49.0 Å². The van der Waals surface area contributed by atoms with Crippen LogP contribution >= 0.6 is 0 Å². The van der Waals surface area contributed by atoms with E-state index in [1.54, 1.807) is 13.0 Å². The fourth-order valence-electron chi connectivity index (χ4n) is 4.05. The molecule has 0 radical (unpaired) electrons. The van der Waals surface area contributed by atoms with E-state index in [0.29, 0.717) is 17.7 Å². The van der Waals surface area contributed by atoms with E-state index < -0.39 is 17.7 Å². The van der Waals surface area contributed by atoms with Gasteiger partial charge in [-0.25, -0.2) is 8.78 Å². The van der Waals surface area contributed by atoms with Crippen molar-refractivity contribution in [3.8, 4) is 0 Å². The molecule has 0 spiro atoms. The van der Waals surface area contributed by atoms with Crippen LogP contribution in [0.2, 0.25) is 0 Å². The van der Waals surface area contributed by atoms with Gasteiger partial charge >= 0.3 is 0 Å². The molecular weight excluding hydrogens is 460 g/mol. The molecule has 0 fully saturated rings. The van der Waals surface area contributed by atoms with Crippen LogP contribution < -0.4 is 10.6 Å². The number of amides is 1. The largest absolute Gasteiger partial charge is 0.390 e. The summed E-state index contributed by atoms with van der Waals surface area (Å²) in [6.45, 7) is 6.83. The summed E-state index contributed by atoms with van der Waals surface area (Å²) in [6.07, 6.45) is 9.05. The van der Waals surface area contributed by atoms with Crippen LogP contribution in [0.15, 0.2) is 72.0 Å². The normalized spacial score (nSPS) is 14.8. The molecular formula is C29H35F2N3O2. The Morgan fingerprint density at radius 2 is 1.89 bits per heavy atom. The highest BCUT2D eigenvalue weighted by Crippen LogP contribution is 2.19. The first-order chi connectivity index (χ1) is 17.2. The van der Waals surface area contributed by atoms with Gasteiger partial charge in [-0.15, -0.1) is 0 Å². The molecule has 192 valence electrons. The van der Waals surface area contributed by atoms with Gasteiger partial charge in [-0.1, -0.05) is 24.6 Å². The van der Waals surface area contributed by atoms with Crippen LogP contribution in [0.3, 0.4) is 0 Å². The molecule has 0 bridgehead atoms. The summed E-state index contributed by atoms with van der Waals surface area (Å²) in [5.74, 6) is -1.21. The van der Waals surface area contributed by atoms with Gasteiger partial charge < -0.3 is 20.7 Å². The summed E-state index contributed by atoms with van der Waals surface area (Å²) in [7, 11) is 0. The SMILES string of the molecule is CCC1=CC(CNCC(O)C(C)NC(=O)c2ccc3[nH]ccc3c2)=CCC1.Cc1cc(F)cc(F)c1. The molecule has 1 amide bonds. The number of hydrogen-bond acceptors (Lipinski definition) is 3. The molecule has 1 heterocycles. The van der Waals surface area contributed by atoms with E-state index in [1.807, 2.05) is 31.3 Å². The molecule has 5 nitrogen and oxygen atoms in total. The summed E-state index contributed by atoms with van der Waals surface area (Å²) in [5.41, 5.74) is 4.96. The molecule has 1 aromatic heterocycles. The Bertz CT molecular complexity index is 1180. The third-order valence-corrected chi connectivity index (χ3v) is 6.16. The van der Waals surface area contributed by atoms with Crippen molar-refractivity contribution in [1.29, 1.82) is 0 Å². The highest BCUT2D eigenvalue weighted by atomic mass is 19.1. The van der Waals surface area contributed by atoms with Crippen molar-refractivity contribution < 1.29 is 18.7 Å². The zero-order valence-corrected chi connectivity index (χ0v) is 21.1. The van der Waals surface area contributed by atoms with Crippen molar-refractivity contribution in [3.05, 3.63) is 94.7 Å². The number of allylic oxidation sites excluding steroid dienone is 2. The summed E-state index contributed by atoms with van der Waals surface area (Å²) >= 11 is 0. The van der Waals surface area contributed by atoms with Gasteiger partial charge in [-0.2, -0.15) is 0 Å². The lowest BCUT2D eigenvalue weighted by molar-refractivity contribution is 0.0852. The maximum atomic E-state index is 12.4. The van der Waals surface area contributed by atoms with Crippen LogP contribution in [0.5, 0.6) is 0 Å². The first-order valence-corrected chi connectivity index (χ1v) is 12.3. The standard InChI is InChI=1S/C22H29N3O2.C7H6F2/c1-3-16-5-4-6-17(11-16)13-23-14-21(26)15(2)25-22(27)19-7-8-20-18(12-19)9-10-24-20;1-5-2-6(8)4-7(9)3-5/h6-12,15,21,23-24,26H,3-5,13-14H2,1-2H3,(H,25,27);2-4H,1H3. The van der Waals surface area contributed by atoms with E-state index >= 15 is 0 Å². The van der Waals surface area contributed by atoms with Crippen LogP contribution in [0, 0.1) is 18.6 Å². The molecule has 1 aliphatic carbocycles. The van der Waals surface area contributed by atoms with Gasteiger partial charge in [-0.05, 0) is 80.6 Å². The fraction of sp³-hybridized carbons (Fsp3) is 0.345. The van der Waals surface area contributed by atoms with Crippen molar-refractivity contribution in [2.75, 3.05) is 13.1 Å². The van der Waals surface area contributed by atoms with E-state index in [-0.39, 0.29) is 11.9 Å². The van der Waals surface area contributed by atoms with E-state index in [1.165, 1.54) is 23.3 Å². The topological polar surface area (TPSA) is 77.2 Å². The number of aliphatic hydroxyl groups excluding tert-OH is 1. The molecule has 2 atom stereocenters. The highest BCUT2D eigenvalue weighted by molar-refractivity contribution is 5.98. The summed E-state index contributed by atoms with van der Waals surface area (Å²) < 4.78 is 24.4. The van der Waals surface area contributed by atoms with E-state index in [4.69, 9.17) is 0 Å². The summed E-state index contributed by atoms with van der Waals surface area (Å²) in [4.78, 5) is 15.6. The number of H-pyrrole nitrogens is 1. The van der Waals surface area contributed by atoms with E-state index in [0.717, 1.165) is 42.8 Å². The van der Waals surface area contributed by atoms with Crippen LogP contribution in [-0.4, -0.2) is 41.2 Å². The first-order valence-electron chi connectivity index (χ1n) is 12.3. The van der Waals surface area contributed by atoms with Gasteiger partial charge in [0.05, 0.1) is 12.1 Å². The number of aromatic amines is 1. The average molecular weight is 496 g/mol. The molecule has 3 aromatic rings. The molecule has 0 aliphatic heterocycles. The number of hydrogen-bond donors (Lipinski definition) is 4. The molecule has 1 aliphatic rings. The van der Waals surface area contributed by atoms with Gasteiger partial charge in [-0.3, -0.25) is 4.79 Å². The average Bonchev–Trinajstić information content (AvgIpc) is 3.31. The second-order valence-corrected chi connectivity index (χ2v) is 9.16. The van der Waals surface area contributed by atoms with Crippen molar-refractivity contribution in [2.24, 2.45) is 0 Å². The van der Waals surface area contributed by atoms with Crippen molar-refractivity contribution in [1.82, 2.24) is 15.6 Å². The maximum Gasteiger partial charge on any atom is 0.251 e. The Hall–Kier alpha value is -3.29. The van der Waals surface area contributed by atoms with Crippen molar-refractivity contribution >= 4 is 16.8 Å². The third kappa shape index (κ3) is 8.14. The Morgan fingerprint density at radius 3 is 2.58 bits per heavy atom. The molecule has 4 N–H and O–H groups in total. The van der Waals surface area contributed by atoms with Crippen LogP contribution in [-0.2, 0) is 0 Å². The molecule has 0 saturated heterocycles. The lowest BCUT2D eigenvalue weighted by Gasteiger charge is -2.21. The van der Waals surface area contributed by atoms with E-state index in [2.05, 4.69) is 34.7 Å². The smallest absolute Gasteiger partial charge is 0.251 e. The van der Waals surface area contributed by atoms with Crippen LogP contribution in [0.4, 0.5) is 8.78 Å². The second-order valence-electron chi connectivity index (χ2n) is 9.16. The second kappa shape index (κ2) is 13.1. The number of halogens is 2. The molecule has 4 rings (SSSR count). The number of carbonyl (C=O) groups excluding carboxylic acids is 1. The fourth-order valence-corrected chi connectivity index (χ4v) is 4.05. The Balaban J connectivity index is 0.000000338. The number of fused-ring (bicyclic) bond motifs is 1. The lowest BCUT2D eigenvalue weighted by atomic mass is 9.97. The number of aryl methyl sites for hydroxylation is 1. The molecule has 0 saturated carbocycles. The van der Waals surface area contributed by atoms with Gasteiger partial charge in [0.2, 0.25) is 0 Å². The number of benzene rings is 2. The summed E-state index contributed by atoms with van der Waals surface area (Å²) in [6, 6.07) is 10.5. The molecule has 2 unspecified atom stereocenters. The van der Waals surface area contributed by atoms with Gasteiger partial charge in [0.15, 0.2) is 0 Å². The zero-order valence-electron chi connectivity index (χ0n) is 21.1. The third-order valence-electron chi connectivity index (χ3n) is 6.16. The number of rotatable bonds is 8. The minimum absolute atomic E-state index is 0.171. The molecule has 2 aromatic carbocycles. The Kier molecular flexibility index (Phi) is 9.96. The Labute approximate surface area is 211 Å². The van der Waals surface area contributed by atoms with Crippen LogP contribution in [0.25, 0.3) is 10.9 Å². The zero-order chi connectivity index (χ0) is 26.1. The lowest BCUT2D eigenvalue weighted by Crippen LogP contribution is -2.45. The predicted molar refractivity (Wildman–Crippen MR) is 141 cm³/mol. The van der Waals surface area contributed by atoms with Crippen molar-refractivity contribution in [2.45, 2.75) is 52.2 Å². The molecule has 7 heteroatoms. The number of carbonyl (C=O) groups is 1. The van der Waals surface area contributed by atoms with Gasteiger partial charge in [0.1, 0.15) is 11.6 Å². The number of aromatic nitrogens is 1. The van der Waals surface area contributed by atoms with E-state index in [9.17, 15) is 18.7 Å². The summed E-state index contributed by atoms with van der Waals surface area (Å²) in [5, 5.41) is 17.5. The molecule has 36 heavy (non-hydrogen) atoms. The first kappa shape index (κ1) is 27.3. The van der Waals surface area contributed by atoms with Crippen molar-refractivity contribution in [3.63, 3.8) is 0 Å². The highest BCUT2D eigenvalue weighted by Gasteiger charge is 2.17. The maximum absolute atomic E-state index is 12.4. The quantitative estimate of drug-likeness (QED) is 0.330. The number of nitrogens with one attached hydrogen (secondary N) is 3. The minimum Gasteiger partial charge on any atom is -0.390 e. The monoisotopic (exact) mass is 495 g/mol.